The molecule has 2 unspecified atom stereocenters. The van der Waals surface area contributed by atoms with Crippen molar-refractivity contribution >= 4 is 11.9 Å². The molecule has 0 heterocycles. The molecule has 0 bridgehead atoms. The molecule has 2 atom stereocenters. The van der Waals surface area contributed by atoms with Gasteiger partial charge in [-0.05, 0) is 24.8 Å². The van der Waals surface area contributed by atoms with Gasteiger partial charge >= 0.3 is 5.97 Å². The fourth-order valence-corrected chi connectivity index (χ4v) is 2.18. The van der Waals surface area contributed by atoms with Crippen LogP contribution >= 0.6 is 0 Å². The van der Waals surface area contributed by atoms with Crippen LogP contribution in [-0.4, -0.2) is 29.1 Å². The number of carbonyl (C=O) groups excluding carboxylic acids is 1. The first-order valence-electron chi connectivity index (χ1n) is 7.34. The summed E-state index contributed by atoms with van der Waals surface area (Å²) < 4.78 is 0. The van der Waals surface area contributed by atoms with Crippen molar-refractivity contribution in [2.24, 2.45) is 5.73 Å². The minimum Gasteiger partial charge on any atom is -0.480 e. The van der Waals surface area contributed by atoms with Gasteiger partial charge in [0.15, 0.2) is 0 Å². The van der Waals surface area contributed by atoms with Crippen molar-refractivity contribution in [2.45, 2.75) is 51.1 Å². The highest BCUT2D eigenvalue weighted by Crippen LogP contribution is 2.06. The molecule has 5 heteroatoms. The highest BCUT2D eigenvalue weighted by molar-refractivity contribution is 5.83. The molecule has 5 nitrogen and oxygen atoms in total. The Morgan fingerprint density at radius 2 is 1.90 bits per heavy atom. The molecule has 1 aromatic carbocycles. The number of amides is 1. The average molecular weight is 292 g/mol. The van der Waals surface area contributed by atoms with Gasteiger partial charge in [-0.25, -0.2) is 4.79 Å². The topological polar surface area (TPSA) is 92.4 Å². The molecule has 116 valence electrons. The first kappa shape index (κ1) is 17.2. The van der Waals surface area contributed by atoms with E-state index in [1.807, 2.05) is 37.3 Å². The molecule has 0 aliphatic rings. The van der Waals surface area contributed by atoms with Crippen molar-refractivity contribution in [3.63, 3.8) is 0 Å². The van der Waals surface area contributed by atoms with Crippen molar-refractivity contribution in [2.75, 3.05) is 0 Å². The van der Waals surface area contributed by atoms with Gasteiger partial charge in [-0.15, -0.1) is 0 Å². The average Bonchev–Trinajstić information content (AvgIpc) is 2.44. The lowest BCUT2D eigenvalue weighted by Gasteiger charge is -2.16. The van der Waals surface area contributed by atoms with Crippen LogP contribution in [0.2, 0.25) is 0 Å². The van der Waals surface area contributed by atoms with Crippen LogP contribution in [0.15, 0.2) is 30.3 Å². The number of carbonyl (C=O) groups is 2. The van der Waals surface area contributed by atoms with Gasteiger partial charge in [-0.1, -0.05) is 43.7 Å². The van der Waals surface area contributed by atoms with E-state index >= 15 is 0 Å². The third kappa shape index (κ3) is 6.90. The van der Waals surface area contributed by atoms with Crippen molar-refractivity contribution < 1.29 is 14.7 Å². The molecule has 0 spiro atoms. The standard InChI is InChI=1S/C16H24N2O3/c1-2-6-13(17)11-15(19)18-14(16(20)21)10-9-12-7-4-3-5-8-12/h3-5,7-8,13-14H,2,6,9-11,17H2,1H3,(H,18,19)(H,20,21). The molecular formula is C16H24N2O3. The number of nitrogens with two attached hydrogens (primary N) is 1. The number of benzene rings is 1. The highest BCUT2D eigenvalue weighted by atomic mass is 16.4. The lowest BCUT2D eigenvalue weighted by molar-refractivity contribution is -0.142. The lowest BCUT2D eigenvalue weighted by Crippen LogP contribution is -2.43. The maximum absolute atomic E-state index is 11.8. The zero-order chi connectivity index (χ0) is 15.7. The normalized spacial score (nSPS) is 13.4. The largest absolute Gasteiger partial charge is 0.480 e. The van der Waals surface area contributed by atoms with E-state index in [2.05, 4.69) is 5.32 Å². The number of aliphatic carboxylic acids is 1. The molecule has 4 N–H and O–H groups in total. The van der Waals surface area contributed by atoms with Crippen molar-refractivity contribution in [1.29, 1.82) is 0 Å². The van der Waals surface area contributed by atoms with Crippen LogP contribution in [0.4, 0.5) is 0 Å². The third-order valence-corrected chi connectivity index (χ3v) is 3.30. The van der Waals surface area contributed by atoms with Gasteiger partial charge in [-0.3, -0.25) is 4.79 Å². The molecule has 21 heavy (non-hydrogen) atoms. The first-order chi connectivity index (χ1) is 10.0. The van der Waals surface area contributed by atoms with Gasteiger partial charge in [0.25, 0.3) is 0 Å². The fourth-order valence-electron chi connectivity index (χ4n) is 2.18. The highest BCUT2D eigenvalue weighted by Gasteiger charge is 2.20. The van der Waals surface area contributed by atoms with Crippen molar-refractivity contribution in [1.82, 2.24) is 5.32 Å². The Morgan fingerprint density at radius 1 is 1.24 bits per heavy atom. The van der Waals surface area contributed by atoms with Crippen LogP contribution in [0.25, 0.3) is 0 Å². The molecule has 0 aliphatic heterocycles. The minimum atomic E-state index is -1.01. The van der Waals surface area contributed by atoms with E-state index in [0.717, 1.165) is 18.4 Å². The Hall–Kier alpha value is -1.88. The zero-order valence-electron chi connectivity index (χ0n) is 12.4. The van der Waals surface area contributed by atoms with E-state index in [0.29, 0.717) is 12.8 Å². The molecule has 0 saturated heterocycles. The fraction of sp³-hybridized carbons (Fsp3) is 0.500. The Bertz CT molecular complexity index is 448. The van der Waals surface area contributed by atoms with E-state index in [9.17, 15) is 14.7 Å². The Kier molecular flexibility index (Phi) is 7.46. The molecule has 0 aliphatic carbocycles. The van der Waals surface area contributed by atoms with E-state index in [1.54, 1.807) is 0 Å². The maximum atomic E-state index is 11.8. The molecule has 0 saturated carbocycles. The predicted molar refractivity (Wildman–Crippen MR) is 81.8 cm³/mol. The second-order valence-corrected chi connectivity index (χ2v) is 5.24. The number of rotatable bonds is 9. The monoisotopic (exact) mass is 292 g/mol. The Labute approximate surface area is 125 Å². The summed E-state index contributed by atoms with van der Waals surface area (Å²) in [6, 6.07) is 8.54. The molecule has 1 amide bonds. The SMILES string of the molecule is CCCC(N)CC(=O)NC(CCc1ccccc1)C(=O)O. The third-order valence-electron chi connectivity index (χ3n) is 3.30. The second-order valence-electron chi connectivity index (χ2n) is 5.24. The quantitative estimate of drug-likeness (QED) is 0.646. The van der Waals surface area contributed by atoms with Crippen LogP contribution in [0.1, 0.15) is 38.2 Å². The second kappa shape index (κ2) is 9.13. The van der Waals surface area contributed by atoms with Gasteiger partial charge < -0.3 is 16.2 Å². The van der Waals surface area contributed by atoms with Gasteiger partial charge in [-0.2, -0.15) is 0 Å². The number of nitrogens with one attached hydrogen (secondary N) is 1. The maximum Gasteiger partial charge on any atom is 0.326 e. The van der Waals surface area contributed by atoms with Gasteiger partial charge in [0.2, 0.25) is 5.91 Å². The summed E-state index contributed by atoms with van der Waals surface area (Å²) >= 11 is 0. The summed E-state index contributed by atoms with van der Waals surface area (Å²) in [6.45, 7) is 2.00. The van der Waals surface area contributed by atoms with E-state index in [4.69, 9.17) is 5.73 Å². The van der Waals surface area contributed by atoms with Crippen LogP contribution in [0.5, 0.6) is 0 Å². The smallest absolute Gasteiger partial charge is 0.326 e. The first-order valence-corrected chi connectivity index (χ1v) is 7.34. The van der Waals surface area contributed by atoms with Crippen LogP contribution in [0.3, 0.4) is 0 Å². The summed E-state index contributed by atoms with van der Waals surface area (Å²) in [5.41, 5.74) is 6.85. The number of carboxylic acids is 1. The molecule has 0 aromatic heterocycles. The molecule has 1 aromatic rings. The summed E-state index contributed by atoms with van der Waals surface area (Å²) in [5, 5.41) is 11.7. The van der Waals surface area contributed by atoms with Crippen LogP contribution in [0, 0.1) is 0 Å². The molecule has 0 radical (unpaired) electrons. The van der Waals surface area contributed by atoms with Crippen molar-refractivity contribution in [3.8, 4) is 0 Å². The van der Waals surface area contributed by atoms with Gasteiger partial charge in [0.05, 0.1) is 0 Å². The number of hydrogen-bond acceptors (Lipinski definition) is 3. The molecule has 1 rings (SSSR count). The summed E-state index contributed by atoms with van der Waals surface area (Å²) in [5.74, 6) is -1.31. The van der Waals surface area contributed by atoms with Gasteiger partial charge in [0.1, 0.15) is 6.04 Å². The summed E-state index contributed by atoms with van der Waals surface area (Å²) in [6.07, 6.45) is 2.82. The van der Waals surface area contributed by atoms with E-state index in [1.165, 1.54) is 0 Å². The predicted octanol–water partition coefficient (Wildman–Crippen LogP) is 1.71. The van der Waals surface area contributed by atoms with Crippen molar-refractivity contribution in [3.05, 3.63) is 35.9 Å². The number of aryl methyl sites for hydroxylation is 1. The number of carboxylic acid groups (broad SMARTS) is 1. The molecular weight excluding hydrogens is 268 g/mol. The Balaban J connectivity index is 2.46. The Morgan fingerprint density at radius 3 is 2.48 bits per heavy atom. The molecule has 0 fully saturated rings. The minimum absolute atomic E-state index is 0.170. The summed E-state index contributed by atoms with van der Waals surface area (Å²) in [4.78, 5) is 23.0. The summed E-state index contributed by atoms with van der Waals surface area (Å²) in [7, 11) is 0. The van der Waals surface area contributed by atoms with Crippen LogP contribution < -0.4 is 11.1 Å². The zero-order valence-corrected chi connectivity index (χ0v) is 12.4. The van der Waals surface area contributed by atoms with Gasteiger partial charge in [0, 0.05) is 12.5 Å². The van der Waals surface area contributed by atoms with E-state index in [-0.39, 0.29) is 18.4 Å². The van der Waals surface area contributed by atoms with E-state index < -0.39 is 12.0 Å². The number of hydrogen-bond donors (Lipinski definition) is 3. The lowest BCUT2D eigenvalue weighted by atomic mass is 10.0. The van der Waals surface area contributed by atoms with Crippen LogP contribution in [-0.2, 0) is 16.0 Å².